The van der Waals surface area contributed by atoms with Gasteiger partial charge in [-0.2, -0.15) is 0 Å². The Hall–Kier alpha value is -1.49. The summed E-state index contributed by atoms with van der Waals surface area (Å²) in [6.45, 7) is 6.78. The first-order valence-electron chi connectivity index (χ1n) is 6.62. The highest BCUT2D eigenvalue weighted by atomic mass is 19.1. The molecule has 0 bridgehead atoms. The van der Waals surface area contributed by atoms with Gasteiger partial charge in [0.1, 0.15) is 11.6 Å². The van der Waals surface area contributed by atoms with Crippen molar-refractivity contribution in [3.05, 3.63) is 35.4 Å². The monoisotopic (exact) mass is 284 g/mol. The van der Waals surface area contributed by atoms with Gasteiger partial charge in [-0.25, -0.2) is 8.78 Å². The van der Waals surface area contributed by atoms with Crippen LogP contribution in [0.3, 0.4) is 0 Å². The predicted octanol–water partition coefficient (Wildman–Crippen LogP) is 2.70. The quantitative estimate of drug-likeness (QED) is 0.901. The summed E-state index contributed by atoms with van der Waals surface area (Å²) in [7, 11) is 1.61. The zero-order chi connectivity index (χ0) is 15.3. The Morgan fingerprint density at radius 3 is 2.50 bits per heavy atom. The number of amides is 1. The summed E-state index contributed by atoms with van der Waals surface area (Å²) >= 11 is 0. The van der Waals surface area contributed by atoms with Crippen LogP contribution in [0, 0.1) is 11.6 Å². The molecular formula is C15H22F2N2O. The Morgan fingerprint density at radius 1 is 1.30 bits per heavy atom. The van der Waals surface area contributed by atoms with Crippen molar-refractivity contribution in [2.75, 3.05) is 13.6 Å². The third kappa shape index (κ3) is 5.65. The van der Waals surface area contributed by atoms with Gasteiger partial charge >= 0.3 is 0 Å². The van der Waals surface area contributed by atoms with Crippen molar-refractivity contribution in [3.63, 3.8) is 0 Å². The lowest BCUT2D eigenvalue weighted by Gasteiger charge is -2.22. The summed E-state index contributed by atoms with van der Waals surface area (Å²) in [6.07, 6.45) is 0.344. The number of rotatable bonds is 5. The van der Waals surface area contributed by atoms with Crippen molar-refractivity contribution < 1.29 is 13.6 Å². The zero-order valence-corrected chi connectivity index (χ0v) is 12.5. The Balaban J connectivity index is 2.49. The molecule has 112 valence electrons. The summed E-state index contributed by atoms with van der Waals surface area (Å²) in [5.74, 6) is -1.32. The minimum atomic E-state index is -0.627. The highest BCUT2D eigenvalue weighted by Gasteiger charge is 2.14. The number of nitrogens with one attached hydrogen (secondary N) is 1. The van der Waals surface area contributed by atoms with Gasteiger partial charge in [-0.05, 0) is 26.8 Å². The van der Waals surface area contributed by atoms with Gasteiger partial charge in [-0.15, -0.1) is 0 Å². The SMILES string of the molecule is CN(Cc1ccc(F)cc1F)C(=O)CCNC(C)(C)C. The van der Waals surface area contributed by atoms with Crippen LogP contribution >= 0.6 is 0 Å². The molecule has 0 saturated carbocycles. The molecule has 0 unspecified atom stereocenters. The number of carbonyl (C=O) groups excluding carboxylic acids is 1. The van der Waals surface area contributed by atoms with Gasteiger partial charge in [-0.1, -0.05) is 6.07 Å². The maximum atomic E-state index is 13.5. The van der Waals surface area contributed by atoms with Crippen LogP contribution in [0.5, 0.6) is 0 Å². The maximum absolute atomic E-state index is 13.5. The molecule has 1 aromatic rings. The average Bonchev–Trinajstić information content (AvgIpc) is 2.30. The normalized spacial score (nSPS) is 11.5. The predicted molar refractivity (Wildman–Crippen MR) is 75.2 cm³/mol. The Kier molecular flexibility index (Phi) is 5.62. The number of hydrogen-bond donors (Lipinski definition) is 1. The van der Waals surface area contributed by atoms with Gasteiger partial charge in [0.05, 0.1) is 0 Å². The first-order chi connectivity index (χ1) is 9.19. The van der Waals surface area contributed by atoms with Gasteiger partial charge in [0.15, 0.2) is 0 Å². The second kappa shape index (κ2) is 6.79. The summed E-state index contributed by atoms with van der Waals surface area (Å²) < 4.78 is 26.3. The van der Waals surface area contributed by atoms with Crippen LogP contribution in [-0.2, 0) is 11.3 Å². The average molecular weight is 284 g/mol. The second-order valence-corrected chi connectivity index (χ2v) is 5.91. The molecule has 1 aromatic carbocycles. The van der Waals surface area contributed by atoms with Crippen LogP contribution < -0.4 is 5.32 Å². The summed E-state index contributed by atoms with van der Waals surface area (Å²) in [4.78, 5) is 13.3. The highest BCUT2D eigenvalue weighted by molar-refractivity contribution is 5.76. The van der Waals surface area contributed by atoms with Crippen molar-refractivity contribution in [1.82, 2.24) is 10.2 Å². The van der Waals surface area contributed by atoms with Crippen molar-refractivity contribution in [2.24, 2.45) is 0 Å². The van der Waals surface area contributed by atoms with Gasteiger partial charge in [0.25, 0.3) is 0 Å². The lowest BCUT2D eigenvalue weighted by atomic mass is 10.1. The molecule has 0 spiro atoms. The molecule has 0 aliphatic carbocycles. The molecule has 3 nitrogen and oxygen atoms in total. The molecular weight excluding hydrogens is 262 g/mol. The molecule has 0 aliphatic heterocycles. The topological polar surface area (TPSA) is 32.3 Å². The van der Waals surface area contributed by atoms with E-state index in [-0.39, 0.29) is 18.0 Å². The molecule has 5 heteroatoms. The number of hydrogen-bond acceptors (Lipinski definition) is 2. The Labute approximate surface area is 119 Å². The molecule has 0 atom stereocenters. The summed E-state index contributed by atoms with van der Waals surface area (Å²) in [5.41, 5.74) is 0.271. The third-order valence-corrected chi connectivity index (χ3v) is 2.84. The Bertz CT molecular complexity index is 469. The molecule has 0 aromatic heterocycles. The zero-order valence-electron chi connectivity index (χ0n) is 12.5. The van der Waals surface area contributed by atoms with E-state index in [1.54, 1.807) is 7.05 Å². The standard InChI is InChI=1S/C15H22F2N2O/c1-15(2,3)18-8-7-14(20)19(4)10-11-5-6-12(16)9-13(11)17/h5-6,9,18H,7-8,10H2,1-4H3. The van der Waals surface area contributed by atoms with Crippen LogP contribution in [0.15, 0.2) is 18.2 Å². The van der Waals surface area contributed by atoms with E-state index in [0.29, 0.717) is 18.5 Å². The fourth-order valence-electron chi connectivity index (χ4n) is 1.73. The van der Waals surface area contributed by atoms with E-state index in [4.69, 9.17) is 0 Å². The van der Waals surface area contributed by atoms with E-state index in [1.165, 1.54) is 17.0 Å². The smallest absolute Gasteiger partial charge is 0.223 e. The lowest BCUT2D eigenvalue weighted by Crippen LogP contribution is -2.38. The molecule has 0 heterocycles. The van der Waals surface area contributed by atoms with Crippen molar-refractivity contribution in [3.8, 4) is 0 Å². The minimum Gasteiger partial charge on any atom is -0.341 e. The largest absolute Gasteiger partial charge is 0.341 e. The number of carbonyl (C=O) groups is 1. The van der Waals surface area contributed by atoms with E-state index in [0.717, 1.165) is 6.07 Å². The number of nitrogens with zero attached hydrogens (tertiary/aromatic N) is 1. The molecule has 1 amide bonds. The Morgan fingerprint density at radius 2 is 1.95 bits per heavy atom. The maximum Gasteiger partial charge on any atom is 0.223 e. The van der Waals surface area contributed by atoms with Crippen LogP contribution in [0.4, 0.5) is 8.78 Å². The lowest BCUT2D eigenvalue weighted by molar-refractivity contribution is -0.130. The molecule has 0 radical (unpaired) electrons. The molecule has 1 rings (SSSR count). The molecule has 20 heavy (non-hydrogen) atoms. The van der Waals surface area contributed by atoms with Crippen LogP contribution in [0.2, 0.25) is 0 Å². The minimum absolute atomic E-state index is 0.0398. The molecule has 0 saturated heterocycles. The molecule has 0 fully saturated rings. The van der Waals surface area contributed by atoms with Gasteiger partial charge in [-0.3, -0.25) is 4.79 Å². The molecule has 0 aliphatic rings. The van der Waals surface area contributed by atoms with Crippen molar-refractivity contribution in [1.29, 1.82) is 0 Å². The second-order valence-electron chi connectivity index (χ2n) is 5.91. The van der Waals surface area contributed by atoms with E-state index in [2.05, 4.69) is 5.32 Å². The summed E-state index contributed by atoms with van der Waals surface area (Å²) in [6, 6.07) is 3.38. The fourth-order valence-corrected chi connectivity index (χ4v) is 1.73. The fraction of sp³-hybridized carbons (Fsp3) is 0.533. The van der Waals surface area contributed by atoms with E-state index in [9.17, 15) is 13.6 Å². The number of benzene rings is 1. The van der Waals surface area contributed by atoms with Gasteiger partial charge in [0, 0.05) is 43.7 Å². The first kappa shape index (κ1) is 16.6. The van der Waals surface area contributed by atoms with Crippen LogP contribution in [0.25, 0.3) is 0 Å². The van der Waals surface area contributed by atoms with Crippen molar-refractivity contribution >= 4 is 5.91 Å². The van der Waals surface area contributed by atoms with E-state index >= 15 is 0 Å². The molecule has 1 N–H and O–H groups in total. The van der Waals surface area contributed by atoms with Crippen LogP contribution in [0.1, 0.15) is 32.8 Å². The summed E-state index contributed by atoms with van der Waals surface area (Å²) in [5, 5.41) is 3.22. The van der Waals surface area contributed by atoms with Gasteiger partial charge < -0.3 is 10.2 Å². The van der Waals surface area contributed by atoms with Gasteiger partial charge in [0.2, 0.25) is 5.91 Å². The van der Waals surface area contributed by atoms with E-state index in [1.807, 2.05) is 20.8 Å². The van der Waals surface area contributed by atoms with Crippen molar-refractivity contribution in [2.45, 2.75) is 39.3 Å². The number of halogens is 2. The van der Waals surface area contributed by atoms with E-state index < -0.39 is 11.6 Å². The third-order valence-electron chi connectivity index (χ3n) is 2.84. The van der Waals surface area contributed by atoms with Crippen LogP contribution in [-0.4, -0.2) is 29.9 Å². The first-order valence-corrected chi connectivity index (χ1v) is 6.62. The highest BCUT2D eigenvalue weighted by Crippen LogP contribution is 2.12.